The fraction of sp³-hybridized carbons (Fsp3) is 0.375. The predicted octanol–water partition coefficient (Wildman–Crippen LogP) is -0.501. The van der Waals surface area contributed by atoms with E-state index < -0.39 is 17.9 Å². The molecule has 0 bridgehead atoms. The van der Waals surface area contributed by atoms with E-state index in [2.05, 4.69) is 5.32 Å². The third-order valence-electron chi connectivity index (χ3n) is 1.70. The van der Waals surface area contributed by atoms with E-state index in [0.717, 1.165) is 11.3 Å². The Balaban J connectivity index is 2.75. The third kappa shape index (κ3) is 3.21. The second-order valence-corrected chi connectivity index (χ2v) is 3.77. The van der Waals surface area contributed by atoms with E-state index in [9.17, 15) is 14.4 Å². The SMILES string of the molecule is CC(=O)NC(Cn1ccsc1=O)C(=O)O. The molecule has 1 aromatic heterocycles. The molecule has 0 radical (unpaired) electrons. The lowest BCUT2D eigenvalue weighted by Crippen LogP contribution is -2.43. The number of rotatable bonds is 4. The first-order chi connectivity index (χ1) is 7.00. The molecule has 0 aliphatic heterocycles. The van der Waals surface area contributed by atoms with E-state index in [1.54, 1.807) is 5.38 Å². The lowest BCUT2D eigenvalue weighted by molar-refractivity contribution is -0.141. The van der Waals surface area contributed by atoms with Gasteiger partial charge < -0.3 is 15.0 Å². The van der Waals surface area contributed by atoms with Gasteiger partial charge in [-0.15, -0.1) is 0 Å². The van der Waals surface area contributed by atoms with Gasteiger partial charge in [0, 0.05) is 18.5 Å². The van der Waals surface area contributed by atoms with Crippen LogP contribution in [0.2, 0.25) is 0 Å². The summed E-state index contributed by atoms with van der Waals surface area (Å²) in [5.41, 5.74) is 0. The fourth-order valence-corrected chi connectivity index (χ4v) is 1.65. The highest BCUT2D eigenvalue weighted by molar-refractivity contribution is 7.07. The predicted molar refractivity (Wildman–Crippen MR) is 53.8 cm³/mol. The molecular formula is C8H10N2O4S. The van der Waals surface area contributed by atoms with Crippen LogP contribution in [-0.4, -0.2) is 27.6 Å². The molecular weight excluding hydrogens is 220 g/mol. The van der Waals surface area contributed by atoms with Crippen molar-refractivity contribution in [3.05, 3.63) is 21.2 Å². The highest BCUT2D eigenvalue weighted by Crippen LogP contribution is 1.94. The molecule has 1 aromatic rings. The van der Waals surface area contributed by atoms with Crippen LogP contribution in [0, 0.1) is 0 Å². The fourth-order valence-electron chi connectivity index (χ4n) is 1.05. The minimum Gasteiger partial charge on any atom is -0.480 e. The molecule has 1 atom stereocenters. The highest BCUT2D eigenvalue weighted by atomic mass is 32.1. The number of thiazole rings is 1. The molecule has 7 heteroatoms. The van der Waals surface area contributed by atoms with Crippen LogP contribution >= 0.6 is 11.3 Å². The molecule has 0 saturated heterocycles. The van der Waals surface area contributed by atoms with Gasteiger partial charge in [-0.2, -0.15) is 0 Å². The van der Waals surface area contributed by atoms with Gasteiger partial charge in [-0.25, -0.2) is 4.79 Å². The summed E-state index contributed by atoms with van der Waals surface area (Å²) in [6, 6.07) is -1.07. The van der Waals surface area contributed by atoms with Gasteiger partial charge >= 0.3 is 10.8 Å². The summed E-state index contributed by atoms with van der Waals surface area (Å²) in [6.45, 7) is 1.17. The number of carbonyl (C=O) groups excluding carboxylic acids is 1. The van der Waals surface area contributed by atoms with Crippen LogP contribution in [0.25, 0.3) is 0 Å². The lowest BCUT2D eigenvalue weighted by Gasteiger charge is -2.12. The summed E-state index contributed by atoms with van der Waals surface area (Å²) < 4.78 is 1.25. The number of hydrogen-bond acceptors (Lipinski definition) is 4. The molecule has 1 rings (SSSR count). The van der Waals surface area contributed by atoms with Crippen molar-refractivity contribution in [1.82, 2.24) is 9.88 Å². The Bertz CT molecular complexity index is 422. The molecule has 0 aliphatic rings. The van der Waals surface area contributed by atoms with Crippen molar-refractivity contribution in [2.24, 2.45) is 0 Å². The average molecular weight is 230 g/mol. The number of aromatic nitrogens is 1. The summed E-state index contributed by atoms with van der Waals surface area (Å²) in [5, 5.41) is 12.6. The second-order valence-electron chi connectivity index (χ2n) is 2.91. The van der Waals surface area contributed by atoms with E-state index in [-0.39, 0.29) is 11.4 Å². The number of aliphatic carboxylic acids is 1. The molecule has 6 nitrogen and oxygen atoms in total. The van der Waals surface area contributed by atoms with Crippen LogP contribution < -0.4 is 10.2 Å². The van der Waals surface area contributed by atoms with Gasteiger partial charge in [0.05, 0.1) is 6.54 Å². The maximum atomic E-state index is 11.1. The maximum Gasteiger partial charge on any atom is 0.328 e. The zero-order valence-electron chi connectivity index (χ0n) is 7.97. The van der Waals surface area contributed by atoms with Crippen molar-refractivity contribution < 1.29 is 14.7 Å². The molecule has 0 saturated carbocycles. The van der Waals surface area contributed by atoms with E-state index in [1.807, 2.05) is 0 Å². The van der Waals surface area contributed by atoms with Crippen molar-refractivity contribution >= 4 is 23.2 Å². The van der Waals surface area contributed by atoms with Crippen LogP contribution in [0.3, 0.4) is 0 Å². The summed E-state index contributed by atoms with van der Waals surface area (Å²) in [5.74, 6) is -1.60. The largest absolute Gasteiger partial charge is 0.480 e. The monoisotopic (exact) mass is 230 g/mol. The number of carboxylic acids is 1. The van der Waals surface area contributed by atoms with E-state index in [4.69, 9.17) is 5.11 Å². The topological polar surface area (TPSA) is 88.4 Å². The van der Waals surface area contributed by atoms with Crippen molar-refractivity contribution in [1.29, 1.82) is 0 Å². The molecule has 1 unspecified atom stereocenters. The smallest absolute Gasteiger partial charge is 0.328 e. The normalized spacial score (nSPS) is 12.1. The first kappa shape index (κ1) is 11.4. The van der Waals surface area contributed by atoms with Gasteiger partial charge in [-0.05, 0) is 0 Å². The number of amides is 1. The first-order valence-corrected chi connectivity index (χ1v) is 5.02. The number of hydrogen-bond donors (Lipinski definition) is 2. The van der Waals surface area contributed by atoms with Gasteiger partial charge in [0.1, 0.15) is 6.04 Å². The zero-order valence-corrected chi connectivity index (χ0v) is 8.78. The Morgan fingerprint density at radius 1 is 1.67 bits per heavy atom. The van der Waals surface area contributed by atoms with E-state index in [0.29, 0.717) is 0 Å². The van der Waals surface area contributed by atoms with Gasteiger partial charge in [0.25, 0.3) is 0 Å². The van der Waals surface area contributed by atoms with Gasteiger partial charge in [0.2, 0.25) is 5.91 Å². The third-order valence-corrected chi connectivity index (χ3v) is 2.39. The molecule has 0 spiro atoms. The first-order valence-electron chi connectivity index (χ1n) is 4.14. The summed E-state index contributed by atoms with van der Waals surface area (Å²) in [6.07, 6.45) is 1.49. The van der Waals surface area contributed by atoms with Gasteiger partial charge in [0.15, 0.2) is 0 Å². The van der Waals surface area contributed by atoms with E-state index >= 15 is 0 Å². The van der Waals surface area contributed by atoms with Gasteiger partial charge in [-0.3, -0.25) is 9.59 Å². The zero-order chi connectivity index (χ0) is 11.4. The van der Waals surface area contributed by atoms with Crippen molar-refractivity contribution in [3.63, 3.8) is 0 Å². The molecule has 82 valence electrons. The maximum absolute atomic E-state index is 11.1. The Labute approximate surface area is 89.2 Å². The standard InChI is InChI=1S/C8H10N2O4S/c1-5(11)9-6(7(12)13)4-10-2-3-15-8(10)14/h2-3,6H,4H2,1H3,(H,9,11)(H,12,13). The number of nitrogens with zero attached hydrogens (tertiary/aromatic N) is 1. The molecule has 1 heterocycles. The number of carbonyl (C=O) groups is 2. The second kappa shape index (κ2) is 4.74. The molecule has 2 N–H and O–H groups in total. The van der Waals surface area contributed by atoms with Crippen molar-refractivity contribution in [2.75, 3.05) is 0 Å². The summed E-state index contributed by atoms with van der Waals surface area (Å²) >= 11 is 0.979. The molecule has 15 heavy (non-hydrogen) atoms. The molecule has 1 amide bonds. The number of carboxylic acid groups (broad SMARTS) is 1. The Morgan fingerprint density at radius 3 is 2.73 bits per heavy atom. The molecule has 0 aromatic carbocycles. The minimum absolute atomic E-state index is 0.0583. The summed E-state index contributed by atoms with van der Waals surface area (Å²) in [4.78, 5) is 32.4. The average Bonchev–Trinajstić information content (AvgIpc) is 2.50. The van der Waals surface area contributed by atoms with Crippen molar-refractivity contribution in [3.8, 4) is 0 Å². The van der Waals surface area contributed by atoms with Crippen LogP contribution in [0.5, 0.6) is 0 Å². The number of nitrogens with one attached hydrogen (secondary N) is 1. The lowest BCUT2D eigenvalue weighted by atomic mass is 10.3. The van der Waals surface area contributed by atoms with Crippen LogP contribution in [0.1, 0.15) is 6.92 Å². The van der Waals surface area contributed by atoms with Crippen LogP contribution in [0.4, 0.5) is 0 Å². The summed E-state index contributed by atoms with van der Waals surface area (Å²) in [7, 11) is 0. The Kier molecular flexibility index (Phi) is 3.62. The quantitative estimate of drug-likeness (QED) is 0.729. The Morgan fingerprint density at radius 2 is 2.33 bits per heavy atom. The Hall–Kier alpha value is -1.63. The molecule has 0 fully saturated rings. The van der Waals surface area contributed by atoms with E-state index in [1.165, 1.54) is 17.7 Å². The van der Waals surface area contributed by atoms with Crippen molar-refractivity contribution in [2.45, 2.75) is 19.5 Å². The van der Waals surface area contributed by atoms with Gasteiger partial charge in [-0.1, -0.05) is 11.3 Å². The molecule has 0 aliphatic carbocycles. The van der Waals surface area contributed by atoms with Crippen LogP contribution in [0.15, 0.2) is 16.4 Å². The minimum atomic E-state index is -1.16. The highest BCUT2D eigenvalue weighted by Gasteiger charge is 2.19. The van der Waals surface area contributed by atoms with Crippen LogP contribution in [-0.2, 0) is 16.1 Å².